The fourth-order valence-electron chi connectivity index (χ4n) is 4.67. The lowest BCUT2D eigenvalue weighted by atomic mass is 9.77. The Bertz CT molecular complexity index is 977. The third-order valence-corrected chi connectivity index (χ3v) is 6.64. The quantitative estimate of drug-likeness (QED) is 0.697. The van der Waals surface area contributed by atoms with Crippen LogP contribution in [0.5, 0.6) is 0 Å². The van der Waals surface area contributed by atoms with Crippen molar-refractivity contribution in [1.82, 2.24) is 4.90 Å². The number of carbonyl (C=O) groups excluding carboxylic acids is 2. The van der Waals surface area contributed by atoms with E-state index in [0.717, 1.165) is 54.2 Å². The van der Waals surface area contributed by atoms with Crippen molar-refractivity contribution < 1.29 is 9.59 Å². The number of carbonyl (C=O) groups is 2. The molecular formula is C25H26N2O2. The highest BCUT2D eigenvalue weighted by Gasteiger charge is 2.28. The predicted molar refractivity (Wildman–Crippen MR) is 112 cm³/mol. The number of nitriles is 1. The molecular weight excluding hydrogens is 360 g/mol. The average Bonchev–Trinajstić information content (AvgIpc) is 2.72. The van der Waals surface area contributed by atoms with E-state index in [-0.39, 0.29) is 5.91 Å². The maximum atomic E-state index is 13.2. The summed E-state index contributed by atoms with van der Waals surface area (Å²) in [7, 11) is 0. The van der Waals surface area contributed by atoms with Crippen LogP contribution in [-0.2, 0) is 0 Å². The van der Waals surface area contributed by atoms with Gasteiger partial charge < -0.3 is 4.90 Å². The summed E-state index contributed by atoms with van der Waals surface area (Å²) in [4.78, 5) is 26.7. The van der Waals surface area contributed by atoms with Gasteiger partial charge in [-0.1, -0.05) is 30.7 Å². The molecule has 4 heteroatoms. The number of nitrogens with zero attached hydrogens (tertiary/aromatic N) is 2. The molecule has 0 bridgehead atoms. The summed E-state index contributed by atoms with van der Waals surface area (Å²) in [6, 6.07) is 13.9. The molecule has 1 aliphatic heterocycles. The van der Waals surface area contributed by atoms with Gasteiger partial charge in [-0.15, -0.1) is 0 Å². The Morgan fingerprint density at radius 2 is 1.76 bits per heavy atom. The molecule has 2 fully saturated rings. The Morgan fingerprint density at radius 3 is 2.38 bits per heavy atom. The first-order valence-corrected chi connectivity index (χ1v) is 10.5. The number of piperidine rings is 1. The molecule has 2 aliphatic rings. The van der Waals surface area contributed by atoms with Crippen LogP contribution in [0.25, 0.3) is 0 Å². The molecule has 2 aromatic carbocycles. The van der Waals surface area contributed by atoms with Crippen molar-refractivity contribution in [2.75, 3.05) is 13.1 Å². The van der Waals surface area contributed by atoms with Gasteiger partial charge in [0.1, 0.15) is 6.29 Å². The lowest BCUT2D eigenvalue weighted by Crippen LogP contribution is -2.38. The summed E-state index contributed by atoms with van der Waals surface area (Å²) in [6.07, 6.45) is 6.08. The van der Waals surface area contributed by atoms with Crippen LogP contribution in [0.1, 0.15) is 86.9 Å². The molecule has 0 aromatic heterocycles. The highest BCUT2D eigenvalue weighted by Crippen LogP contribution is 2.39. The Hall–Kier alpha value is -2.93. The van der Waals surface area contributed by atoms with Gasteiger partial charge in [0.15, 0.2) is 0 Å². The van der Waals surface area contributed by atoms with E-state index in [1.807, 2.05) is 36.1 Å². The second-order valence-corrected chi connectivity index (χ2v) is 8.31. The van der Waals surface area contributed by atoms with Gasteiger partial charge in [0, 0.05) is 24.2 Å². The van der Waals surface area contributed by atoms with Crippen LogP contribution in [0, 0.1) is 18.3 Å². The summed E-state index contributed by atoms with van der Waals surface area (Å²) < 4.78 is 0. The molecule has 1 aliphatic carbocycles. The molecule has 0 spiro atoms. The van der Waals surface area contributed by atoms with Crippen molar-refractivity contribution in [2.24, 2.45) is 0 Å². The van der Waals surface area contributed by atoms with E-state index in [9.17, 15) is 14.9 Å². The van der Waals surface area contributed by atoms with Gasteiger partial charge in [-0.25, -0.2) is 0 Å². The van der Waals surface area contributed by atoms with Gasteiger partial charge in [-0.05, 0) is 73.3 Å². The number of benzene rings is 2. The van der Waals surface area contributed by atoms with E-state index in [1.165, 1.54) is 6.42 Å². The molecule has 29 heavy (non-hydrogen) atoms. The minimum Gasteiger partial charge on any atom is -0.339 e. The molecule has 4 rings (SSSR count). The number of rotatable bonds is 4. The summed E-state index contributed by atoms with van der Waals surface area (Å²) in [5, 5.41) is 9.36. The molecule has 2 aromatic rings. The lowest BCUT2D eigenvalue weighted by Gasteiger charge is -2.33. The van der Waals surface area contributed by atoms with Crippen LogP contribution in [0.4, 0.5) is 0 Å². The highest BCUT2D eigenvalue weighted by atomic mass is 16.2. The van der Waals surface area contributed by atoms with Crippen LogP contribution in [0.3, 0.4) is 0 Å². The van der Waals surface area contributed by atoms with E-state index in [0.29, 0.717) is 36.1 Å². The van der Waals surface area contributed by atoms with Crippen molar-refractivity contribution in [3.63, 3.8) is 0 Å². The normalized spacial score (nSPS) is 17.4. The summed E-state index contributed by atoms with van der Waals surface area (Å²) in [5.41, 5.74) is 5.20. The molecule has 1 amide bonds. The summed E-state index contributed by atoms with van der Waals surface area (Å²) in [6.45, 7) is 3.31. The third-order valence-electron chi connectivity index (χ3n) is 6.64. The van der Waals surface area contributed by atoms with Crippen molar-refractivity contribution in [3.8, 4) is 6.07 Å². The van der Waals surface area contributed by atoms with Gasteiger partial charge in [0.05, 0.1) is 11.6 Å². The van der Waals surface area contributed by atoms with Crippen LogP contribution in [0.15, 0.2) is 36.4 Å². The van der Waals surface area contributed by atoms with Crippen LogP contribution < -0.4 is 0 Å². The predicted octanol–water partition coefficient (Wildman–Crippen LogP) is 4.97. The fourth-order valence-corrected chi connectivity index (χ4v) is 4.67. The summed E-state index contributed by atoms with van der Waals surface area (Å²) >= 11 is 0. The van der Waals surface area contributed by atoms with Crippen molar-refractivity contribution in [1.29, 1.82) is 5.26 Å². The van der Waals surface area contributed by atoms with E-state index in [1.54, 1.807) is 6.07 Å². The number of amides is 1. The molecule has 0 unspecified atom stereocenters. The van der Waals surface area contributed by atoms with Crippen LogP contribution in [-0.4, -0.2) is 30.2 Å². The van der Waals surface area contributed by atoms with Crippen molar-refractivity contribution in [2.45, 2.75) is 50.9 Å². The van der Waals surface area contributed by atoms with Gasteiger partial charge >= 0.3 is 0 Å². The number of hydrogen-bond donors (Lipinski definition) is 0. The first-order chi connectivity index (χ1) is 14.1. The molecule has 1 heterocycles. The second-order valence-electron chi connectivity index (χ2n) is 8.31. The van der Waals surface area contributed by atoms with Crippen LogP contribution >= 0.6 is 0 Å². The highest BCUT2D eigenvalue weighted by molar-refractivity contribution is 5.97. The van der Waals surface area contributed by atoms with E-state index >= 15 is 0 Å². The van der Waals surface area contributed by atoms with E-state index < -0.39 is 0 Å². The summed E-state index contributed by atoms with van der Waals surface area (Å²) in [5.74, 6) is 0.786. The fraction of sp³-hybridized carbons (Fsp3) is 0.400. The number of likely N-dealkylation sites (tertiary alicyclic amines) is 1. The molecule has 148 valence electrons. The SMILES string of the molecule is Cc1cc(C2CCC2)c(C=O)cc1C(=O)N1CCC(c2ccccc2C#N)CC1. The maximum Gasteiger partial charge on any atom is 0.254 e. The average molecular weight is 386 g/mol. The Labute approximate surface area is 172 Å². The second kappa shape index (κ2) is 8.21. The molecule has 1 saturated carbocycles. The number of hydrogen-bond acceptors (Lipinski definition) is 3. The zero-order valence-corrected chi connectivity index (χ0v) is 16.9. The molecule has 0 radical (unpaired) electrons. The molecule has 4 nitrogen and oxygen atoms in total. The number of aldehydes is 1. The largest absolute Gasteiger partial charge is 0.339 e. The standard InChI is InChI=1S/C25H26N2O2/c1-17-13-24(18-6-4-7-18)21(16-28)14-23(17)25(29)27-11-9-19(10-12-27)22-8-3-2-5-20(22)15-26/h2-3,5,8,13-14,16,18-19H,4,6-7,9-12H2,1H3. The molecule has 1 saturated heterocycles. The van der Waals surface area contributed by atoms with Gasteiger partial charge in [-0.3, -0.25) is 9.59 Å². The minimum absolute atomic E-state index is 0.0118. The van der Waals surface area contributed by atoms with Crippen molar-refractivity contribution in [3.05, 3.63) is 69.8 Å². The van der Waals surface area contributed by atoms with Crippen LogP contribution in [0.2, 0.25) is 0 Å². The minimum atomic E-state index is 0.0118. The monoisotopic (exact) mass is 386 g/mol. The third kappa shape index (κ3) is 3.70. The topological polar surface area (TPSA) is 61.2 Å². The Morgan fingerprint density at radius 1 is 1.07 bits per heavy atom. The number of aryl methyl sites for hydroxylation is 1. The van der Waals surface area contributed by atoms with Gasteiger partial charge in [0.25, 0.3) is 5.91 Å². The smallest absolute Gasteiger partial charge is 0.254 e. The first kappa shape index (κ1) is 19.4. The van der Waals surface area contributed by atoms with Crippen molar-refractivity contribution >= 4 is 12.2 Å². The lowest BCUT2D eigenvalue weighted by molar-refractivity contribution is 0.0712. The first-order valence-electron chi connectivity index (χ1n) is 10.5. The zero-order valence-electron chi connectivity index (χ0n) is 16.9. The zero-order chi connectivity index (χ0) is 20.4. The van der Waals surface area contributed by atoms with E-state index in [2.05, 4.69) is 12.1 Å². The van der Waals surface area contributed by atoms with Gasteiger partial charge in [0.2, 0.25) is 0 Å². The molecule has 0 N–H and O–H groups in total. The Kier molecular flexibility index (Phi) is 5.49. The Balaban J connectivity index is 1.50. The molecule has 0 atom stereocenters. The maximum absolute atomic E-state index is 13.2. The van der Waals surface area contributed by atoms with E-state index in [4.69, 9.17) is 0 Å². The van der Waals surface area contributed by atoms with Gasteiger partial charge in [-0.2, -0.15) is 5.26 Å².